The van der Waals surface area contributed by atoms with Crippen LogP contribution in [0.3, 0.4) is 0 Å². The van der Waals surface area contributed by atoms with Gasteiger partial charge in [-0.2, -0.15) is 0 Å². The van der Waals surface area contributed by atoms with E-state index in [4.69, 9.17) is 5.11 Å². The number of aryl methyl sites for hydroxylation is 2. The van der Waals surface area contributed by atoms with Gasteiger partial charge in [-0.1, -0.05) is 44.5 Å². The number of carboxylic acids is 1. The van der Waals surface area contributed by atoms with E-state index in [0.717, 1.165) is 6.54 Å². The van der Waals surface area contributed by atoms with Gasteiger partial charge in [-0.15, -0.1) is 0 Å². The highest BCUT2D eigenvalue weighted by atomic mass is 16.4. The molecule has 106 valence electrons. The summed E-state index contributed by atoms with van der Waals surface area (Å²) >= 11 is 0. The minimum absolute atomic E-state index is 0.00563. The third-order valence-corrected chi connectivity index (χ3v) is 3.56. The van der Waals surface area contributed by atoms with Crippen molar-refractivity contribution in [3.8, 4) is 0 Å². The van der Waals surface area contributed by atoms with E-state index in [2.05, 4.69) is 51.2 Å². The molecule has 0 bridgehead atoms. The first-order chi connectivity index (χ1) is 8.74. The van der Waals surface area contributed by atoms with Crippen molar-refractivity contribution in [2.75, 3.05) is 13.1 Å². The summed E-state index contributed by atoms with van der Waals surface area (Å²) in [6.45, 7) is 11.6. The number of hydrogen-bond donors (Lipinski definition) is 2. The van der Waals surface area contributed by atoms with E-state index >= 15 is 0 Å². The van der Waals surface area contributed by atoms with E-state index in [1.165, 1.54) is 16.7 Å². The molecule has 3 nitrogen and oxygen atoms in total. The lowest BCUT2D eigenvalue weighted by Gasteiger charge is -2.28. The van der Waals surface area contributed by atoms with Crippen LogP contribution in [0.25, 0.3) is 0 Å². The number of carbonyl (C=O) groups is 1. The zero-order valence-electron chi connectivity index (χ0n) is 12.6. The molecule has 0 saturated carbocycles. The second kappa shape index (κ2) is 6.20. The standard InChI is InChI=1S/C16H25NO2/c1-11-6-7-12(2)14(8-11)16(4,5)10-17-9-13(3)15(18)19/h6-8,13,17H,9-10H2,1-5H3,(H,18,19). The number of rotatable bonds is 6. The van der Waals surface area contributed by atoms with E-state index in [-0.39, 0.29) is 11.3 Å². The Labute approximate surface area is 116 Å². The molecule has 3 heteroatoms. The normalized spacial score (nSPS) is 13.3. The van der Waals surface area contributed by atoms with Gasteiger partial charge in [0.25, 0.3) is 0 Å². The number of carboxylic acid groups (broad SMARTS) is 1. The molecular weight excluding hydrogens is 238 g/mol. The Morgan fingerprint density at radius 2 is 2.00 bits per heavy atom. The highest BCUT2D eigenvalue weighted by Crippen LogP contribution is 2.26. The van der Waals surface area contributed by atoms with Crippen LogP contribution in [0.15, 0.2) is 18.2 Å². The van der Waals surface area contributed by atoms with Crippen LogP contribution in [-0.2, 0) is 10.2 Å². The van der Waals surface area contributed by atoms with Crippen molar-refractivity contribution < 1.29 is 9.90 Å². The van der Waals surface area contributed by atoms with Gasteiger partial charge in [-0.3, -0.25) is 4.79 Å². The van der Waals surface area contributed by atoms with Crippen LogP contribution in [0, 0.1) is 19.8 Å². The lowest BCUT2D eigenvalue weighted by atomic mass is 9.81. The summed E-state index contributed by atoms with van der Waals surface area (Å²) in [4.78, 5) is 10.8. The van der Waals surface area contributed by atoms with E-state index in [9.17, 15) is 4.79 Å². The minimum atomic E-state index is -0.753. The lowest BCUT2D eigenvalue weighted by Crippen LogP contribution is -2.37. The average Bonchev–Trinajstić information content (AvgIpc) is 2.31. The third-order valence-electron chi connectivity index (χ3n) is 3.56. The topological polar surface area (TPSA) is 49.3 Å². The molecule has 1 unspecified atom stereocenters. The molecule has 0 aromatic heterocycles. The van der Waals surface area contributed by atoms with Crippen LogP contribution in [0.4, 0.5) is 0 Å². The van der Waals surface area contributed by atoms with E-state index < -0.39 is 5.97 Å². The summed E-state index contributed by atoms with van der Waals surface area (Å²) in [7, 11) is 0. The fourth-order valence-corrected chi connectivity index (χ4v) is 2.25. The molecule has 1 rings (SSSR count). The first kappa shape index (κ1) is 15.7. The Morgan fingerprint density at radius 3 is 2.58 bits per heavy atom. The van der Waals surface area contributed by atoms with Crippen LogP contribution in [0.2, 0.25) is 0 Å². The second-order valence-corrected chi connectivity index (χ2v) is 6.07. The van der Waals surface area contributed by atoms with Gasteiger partial charge in [-0.05, 0) is 25.0 Å². The molecule has 1 aromatic rings. The molecule has 0 aliphatic rings. The maximum Gasteiger partial charge on any atom is 0.307 e. The molecule has 0 spiro atoms. The Balaban J connectivity index is 2.70. The molecule has 0 saturated heterocycles. The largest absolute Gasteiger partial charge is 0.481 e. The third kappa shape index (κ3) is 4.35. The van der Waals surface area contributed by atoms with Gasteiger partial charge in [0.2, 0.25) is 0 Å². The fourth-order valence-electron chi connectivity index (χ4n) is 2.25. The van der Waals surface area contributed by atoms with Crippen molar-refractivity contribution in [3.63, 3.8) is 0 Å². The molecule has 2 N–H and O–H groups in total. The van der Waals surface area contributed by atoms with Gasteiger partial charge < -0.3 is 10.4 Å². The Kier molecular flexibility index (Phi) is 5.12. The van der Waals surface area contributed by atoms with Crippen molar-refractivity contribution in [3.05, 3.63) is 34.9 Å². The summed E-state index contributed by atoms with van der Waals surface area (Å²) in [6, 6.07) is 6.48. The van der Waals surface area contributed by atoms with E-state index in [0.29, 0.717) is 6.54 Å². The SMILES string of the molecule is Cc1ccc(C)c(C(C)(C)CNCC(C)C(=O)O)c1. The predicted octanol–water partition coefficient (Wildman–Crippen LogP) is 2.89. The Morgan fingerprint density at radius 1 is 1.37 bits per heavy atom. The predicted molar refractivity (Wildman–Crippen MR) is 78.6 cm³/mol. The van der Waals surface area contributed by atoms with Gasteiger partial charge in [0.1, 0.15) is 0 Å². The van der Waals surface area contributed by atoms with Gasteiger partial charge >= 0.3 is 5.97 Å². The monoisotopic (exact) mass is 263 g/mol. The van der Waals surface area contributed by atoms with Crippen molar-refractivity contribution in [2.24, 2.45) is 5.92 Å². The number of benzene rings is 1. The van der Waals surface area contributed by atoms with Crippen molar-refractivity contribution in [1.82, 2.24) is 5.32 Å². The molecule has 0 aliphatic carbocycles. The second-order valence-electron chi connectivity index (χ2n) is 6.07. The molecule has 0 radical (unpaired) electrons. The summed E-state index contributed by atoms with van der Waals surface area (Å²) in [5, 5.41) is 12.1. The summed E-state index contributed by atoms with van der Waals surface area (Å²) in [5.74, 6) is -1.11. The molecular formula is C16H25NO2. The summed E-state index contributed by atoms with van der Waals surface area (Å²) in [6.07, 6.45) is 0. The zero-order chi connectivity index (χ0) is 14.6. The van der Waals surface area contributed by atoms with Gasteiger partial charge in [0, 0.05) is 18.5 Å². The average molecular weight is 263 g/mol. The molecule has 1 atom stereocenters. The van der Waals surface area contributed by atoms with Crippen LogP contribution in [-0.4, -0.2) is 24.2 Å². The summed E-state index contributed by atoms with van der Waals surface area (Å²) < 4.78 is 0. The van der Waals surface area contributed by atoms with Crippen molar-refractivity contribution in [1.29, 1.82) is 0 Å². The van der Waals surface area contributed by atoms with Gasteiger partial charge in [0.15, 0.2) is 0 Å². The Hall–Kier alpha value is -1.35. The van der Waals surface area contributed by atoms with Crippen molar-refractivity contribution >= 4 is 5.97 Å². The smallest absolute Gasteiger partial charge is 0.307 e. The molecule has 0 aliphatic heterocycles. The first-order valence-corrected chi connectivity index (χ1v) is 6.75. The fraction of sp³-hybridized carbons (Fsp3) is 0.562. The first-order valence-electron chi connectivity index (χ1n) is 6.75. The van der Waals surface area contributed by atoms with Gasteiger partial charge in [-0.25, -0.2) is 0 Å². The van der Waals surface area contributed by atoms with Gasteiger partial charge in [0.05, 0.1) is 5.92 Å². The van der Waals surface area contributed by atoms with Crippen LogP contribution in [0.5, 0.6) is 0 Å². The van der Waals surface area contributed by atoms with E-state index in [1.54, 1.807) is 6.92 Å². The number of nitrogens with one attached hydrogen (secondary N) is 1. The van der Waals surface area contributed by atoms with Crippen LogP contribution < -0.4 is 5.32 Å². The number of aliphatic carboxylic acids is 1. The molecule has 0 amide bonds. The maximum atomic E-state index is 10.8. The lowest BCUT2D eigenvalue weighted by molar-refractivity contribution is -0.140. The number of hydrogen-bond acceptors (Lipinski definition) is 2. The van der Waals surface area contributed by atoms with E-state index in [1.807, 2.05) is 0 Å². The molecule has 0 heterocycles. The zero-order valence-corrected chi connectivity index (χ0v) is 12.6. The molecule has 19 heavy (non-hydrogen) atoms. The highest BCUT2D eigenvalue weighted by Gasteiger charge is 2.23. The maximum absolute atomic E-state index is 10.8. The quantitative estimate of drug-likeness (QED) is 0.829. The van der Waals surface area contributed by atoms with Crippen LogP contribution in [0.1, 0.15) is 37.5 Å². The minimum Gasteiger partial charge on any atom is -0.481 e. The summed E-state index contributed by atoms with van der Waals surface area (Å²) in [5.41, 5.74) is 3.85. The molecule has 0 fully saturated rings. The van der Waals surface area contributed by atoms with Crippen molar-refractivity contribution in [2.45, 2.75) is 40.0 Å². The Bertz CT molecular complexity index is 452. The van der Waals surface area contributed by atoms with Crippen LogP contribution >= 0.6 is 0 Å². The molecule has 1 aromatic carbocycles. The highest BCUT2D eigenvalue weighted by molar-refractivity contribution is 5.69.